The Hall–Kier alpha value is -2.61. The number of anilines is 1. The summed E-state index contributed by atoms with van der Waals surface area (Å²) in [7, 11) is 3.45. The Morgan fingerprint density at radius 2 is 1.69 bits per heavy atom. The van der Waals surface area contributed by atoms with Crippen molar-refractivity contribution < 1.29 is 14.2 Å². The van der Waals surface area contributed by atoms with Crippen LogP contribution in [0.25, 0.3) is 11.1 Å². The van der Waals surface area contributed by atoms with Crippen molar-refractivity contribution >= 4 is 21.6 Å². The van der Waals surface area contributed by atoms with Crippen molar-refractivity contribution in [3.8, 4) is 17.0 Å². The molecule has 7 heteroatoms. The van der Waals surface area contributed by atoms with Gasteiger partial charge in [-0.2, -0.15) is 0 Å². The molecule has 36 heavy (non-hydrogen) atoms. The number of nitrogens with zero attached hydrogens (tertiary/aromatic N) is 1. The first kappa shape index (κ1) is 25.1. The minimum atomic E-state index is -0.168. The number of nitrogens with one attached hydrogen (secondary N) is 1. The van der Waals surface area contributed by atoms with Gasteiger partial charge in [-0.05, 0) is 60.9 Å². The number of benzene rings is 2. The SMILES string of the molecule is COC(OC)C1CC2(CCN(c3ccc(-c4ccc(OCc5ccccc5)[nH]c4=O)c(Br)c3)CC2)C1. The Morgan fingerprint density at radius 3 is 2.33 bits per heavy atom. The van der Waals surface area contributed by atoms with Gasteiger partial charge in [-0.25, -0.2) is 0 Å². The number of halogens is 1. The van der Waals surface area contributed by atoms with Crippen LogP contribution in [-0.2, 0) is 16.1 Å². The van der Waals surface area contributed by atoms with E-state index in [2.05, 4.69) is 37.9 Å². The quantitative estimate of drug-likeness (QED) is 0.347. The van der Waals surface area contributed by atoms with E-state index < -0.39 is 0 Å². The van der Waals surface area contributed by atoms with Crippen molar-refractivity contribution in [1.29, 1.82) is 0 Å². The number of pyridine rings is 1. The topological polar surface area (TPSA) is 63.8 Å². The first-order chi connectivity index (χ1) is 17.5. The Morgan fingerprint density at radius 1 is 1.00 bits per heavy atom. The molecule has 0 unspecified atom stereocenters. The van der Waals surface area contributed by atoms with E-state index in [1.54, 1.807) is 14.2 Å². The molecule has 2 aliphatic rings. The molecule has 1 spiro atoms. The summed E-state index contributed by atoms with van der Waals surface area (Å²) in [6.45, 7) is 2.49. The van der Waals surface area contributed by atoms with Crippen molar-refractivity contribution in [3.05, 3.63) is 81.1 Å². The predicted octanol–water partition coefficient (Wildman–Crippen LogP) is 6.00. The second kappa shape index (κ2) is 10.8. The van der Waals surface area contributed by atoms with Crippen LogP contribution in [0.15, 0.2) is 69.9 Å². The fourth-order valence-corrected chi connectivity index (χ4v) is 6.36. The highest BCUT2D eigenvalue weighted by molar-refractivity contribution is 9.10. The summed E-state index contributed by atoms with van der Waals surface area (Å²) in [5, 5.41) is 0. The van der Waals surface area contributed by atoms with Gasteiger partial charge >= 0.3 is 0 Å². The summed E-state index contributed by atoms with van der Waals surface area (Å²) in [5.74, 6) is 0.969. The highest BCUT2D eigenvalue weighted by Crippen LogP contribution is 2.54. The number of rotatable bonds is 8. The third kappa shape index (κ3) is 5.24. The minimum absolute atomic E-state index is 0.0789. The van der Waals surface area contributed by atoms with Gasteiger partial charge in [0.25, 0.3) is 5.56 Å². The predicted molar refractivity (Wildman–Crippen MR) is 145 cm³/mol. The third-order valence-electron chi connectivity index (χ3n) is 7.79. The van der Waals surface area contributed by atoms with Gasteiger partial charge < -0.3 is 19.1 Å². The number of aromatic nitrogens is 1. The van der Waals surface area contributed by atoms with Crippen LogP contribution >= 0.6 is 15.9 Å². The average molecular weight is 553 g/mol. The molecule has 1 aliphatic carbocycles. The van der Waals surface area contributed by atoms with E-state index >= 15 is 0 Å². The van der Waals surface area contributed by atoms with Crippen LogP contribution in [-0.4, -0.2) is 38.6 Å². The van der Waals surface area contributed by atoms with E-state index in [1.807, 2.05) is 48.5 Å². The Bertz CT molecular complexity index is 1230. The van der Waals surface area contributed by atoms with E-state index in [-0.39, 0.29) is 11.8 Å². The Balaban J connectivity index is 1.21. The highest BCUT2D eigenvalue weighted by Gasteiger charge is 2.48. The summed E-state index contributed by atoms with van der Waals surface area (Å²) in [5.41, 5.74) is 3.99. The first-order valence-corrected chi connectivity index (χ1v) is 13.3. The number of ether oxygens (including phenoxy) is 3. The van der Waals surface area contributed by atoms with Crippen LogP contribution in [0.5, 0.6) is 5.88 Å². The lowest BCUT2D eigenvalue weighted by Gasteiger charge is -2.54. The number of hydrogen-bond acceptors (Lipinski definition) is 5. The van der Waals surface area contributed by atoms with Gasteiger partial charge in [0, 0.05) is 54.5 Å². The maximum absolute atomic E-state index is 12.8. The average Bonchev–Trinajstić information content (AvgIpc) is 2.88. The molecule has 5 rings (SSSR count). The van der Waals surface area contributed by atoms with Crippen molar-refractivity contribution in [2.24, 2.45) is 11.3 Å². The summed E-state index contributed by atoms with van der Waals surface area (Å²) < 4.78 is 17.6. The van der Waals surface area contributed by atoms with Gasteiger partial charge in [-0.1, -0.05) is 52.3 Å². The van der Waals surface area contributed by atoms with Crippen LogP contribution < -0.4 is 15.2 Å². The monoisotopic (exact) mass is 552 g/mol. The zero-order valence-electron chi connectivity index (χ0n) is 20.8. The maximum Gasteiger partial charge on any atom is 0.258 e. The summed E-state index contributed by atoms with van der Waals surface area (Å²) in [4.78, 5) is 18.1. The van der Waals surface area contributed by atoms with E-state index in [0.717, 1.165) is 28.7 Å². The lowest BCUT2D eigenvalue weighted by Crippen LogP contribution is -2.50. The molecular weight excluding hydrogens is 520 g/mol. The van der Waals surface area contributed by atoms with Crippen molar-refractivity contribution in [2.75, 3.05) is 32.2 Å². The fraction of sp³-hybridized carbons (Fsp3) is 0.414. The second-order valence-corrected chi connectivity index (χ2v) is 10.9. The Labute approximate surface area is 220 Å². The summed E-state index contributed by atoms with van der Waals surface area (Å²) in [6.07, 6.45) is 4.66. The standard InChI is InChI=1S/C29H33BrN2O4/c1-34-28(35-2)21-17-29(18-21)12-14-32(15-13-29)22-8-9-23(25(30)16-22)24-10-11-26(31-27(24)33)36-19-20-6-4-3-5-7-20/h3-11,16,21,28H,12-15,17-19H2,1-2H3,(H,31,33). The number of piperidine rings is 1. The van der Waals surface area contributed by atoms with Crippen LogP contribution in [0.3, 0.4) is 0 Å². The summed E-state index contributed by atoms with van der Waals surface area (Å²) >= 11 is 3.71. The largest absolute Gasteiger partial charge is 0.474 e. The number of methoxy groups -OCH3 is 2. The number of aromatic amines is 1. The zero-order valence-corrected chi connectivity index (χ0v) is 22.4. The van der Waals surface area contributed by atoms with E-state index in [9.17, 15) is 4.79 Å². The van der Waals surface area contributed by atoms with Crippen LogP contribution in [0.4, 0.5) is 5.69 Å². The number of hydrogen-bond donors (Lipinski definition) is 1. The van der Waals surface area contributed by atoms with Crippen molar-refractivity contribution in [3.63, 3.8) is 0 Å². The smallest absolute Gasteiger partial charge is 0.258 e. The van der Waals surface area contributed by atoms with Gasteiger partial charge in [0.15, 0.2) is 12.2 Å². The van der Waals surface area contributed by atoms with Crippen LogP contribution in [0, 0.1) is 11.3 Å². The summed E-state index contributed by atoms with van der Waals surface area (Å²) in [6, 6.07) is 19.8. The van der Waals surface area contributed by atoms with E-state index in [1.165, 1.54) is 31.4 Å². The van der Waals surface area contributed by atoms with Gasteiger partial charge in [-0.15, -0.1) is 0 Å². The van der Waals surface area contributed by atoms with Gasteiger partial charge in [0.2, 0.25) is 0 Å². The third-order valence-corrected chi connectivity index (χ3v) is 8.45. The molecule has 1 saturated carbocycles. The van der Waals surface area contributed by atoms with E-state index in [4.69, 9.17) is 14.2 Å². The first-order valence-electron chi connectivity index (χ1n) is 12.5. The lowest BCUT2D eigenvalue weighted by atomic mass is 9.57. The fourth-order valence-electron chi connectivity index (χ4n) is 5.78. The van der Waals surface area contributed by atoms with Gasteiger partial charge in [-0.3, -0.25) is 9.78 Å². The second-order valence-electron chi connectivity index (χ2n) is 10.00. The molecule has 1 aromatic heterocycles. The van der Waals surface area contributed by atoms with Gasteiger partial charge in [0.1, 0.15) is 6.61 Å². The highest BCUT2D eigenvalue weighted by atomic mass is 79.9. The molecule has 6 nitrogen and oxygen atoms in total. The van der Waals surface area contributed by atoms with Crippen LogP contribution in [0.1, 0.15) is 31.2 Å². The van der Waals surface area contributed by atoms with Gasteiger partial charge in [0.05, 0.1) is 0 Å². The molecule has 1 saturated heterocycles. The van der Waals surface area contributed by atoms with Crippen LogP contribution in [0.2, 0.25) is 0 Å². The zero-order chi connectivity index (χ0) is 25.1. The molecule has 2 heterocycles. The molecule has 3 aromatic rings. The van der Waals surface area contributed by atoms with E-state index in [0.29, 0.717) is 29.4 Å². The normalized spacial score (nSPS) is 17.4. The molecule has 190 valence electrons. The maximum atomic E-state index is 12.8. The molecular formula is C29H33BrN2O4. The molecule has 1 aliphatic heterocycles. The molecule has 0 atom stereocenters. The molecule has 2 aromatic carbocycles. The van der Waals surface area contributed by atoms with Crippen molar-refractivity contribution in [1.82, 2.24) is 4.98 Å². The number of H-pyrrole nitrogens is 1. The molecule has 0 amide bonds. The van der Waals surface area contributed by atoms with Crippen molar-refractivity contribution in [2.45, 2.75) is 38.6 Å². The molecule has 0 bridgehead atoms. The molecule has 1 N–H and O–H groups in total. The molecule has 0 radical (unpaired) electrons. The molecule has 2 fully saturated rings. The minimum Gasteiger partial charge on any atom is -0.474 e. The lowest BCUT2D eigenvalue weighted by molar-refractivity contribution is -0.184. The Kier molecular flexibility index (Phi) is 7.51.